The Morgan fingerprint density at radius 2 is 2.40 bits per heavy atom. The van der Waals surface area contributed by atoms with Crippen LogP contribution in [0.25, 0.3) is 0 Å². The molecule has 1 aliphatic heterocycles. The van der Waals surface area contributed by atoms with E-state index in [1.54, 1.807) is 0 Å². The standard InChI is InChI=1S/C8H16O2/c1-2-3-4-8-7(9)5-6-10-8/h7-9H,2-6H2,1H3/t7-,8-/m1/s1. The van der Waals surface area contributed by atoms with Crippen molar-refractivity contribution in [1.29, 1.82) is 0 Å². The highest BCUT2D eigenvalue weighted by Crippen LogP contribution is 2.18. The number of unbranched alkanes of at least 4 members (excludes halogenated alkanes) is 1. The predicted molar refractivity (Wildman–Crippen MR) is 39.9 cm³/mol. The minimum Gasteiger partial charge on any atom is -0.390 e. The number of aliphatic hydroxyl groups is 1. The van der Waals surface area contributed by atoms with Crippen molar-refractivity contribution in [2.45, 2.75) is 44.8 Å². The molecule has 1 saturated heterocycles. The van der Waals surface area contributed by atoms with Crippen LogP contribution in [0.1, 0.15) is 32.6 Å². The highest BCUT2D eigenvalue weighted by atomic mass is 16.5. The Balaban J connectivity index is 2.14. The molecule has 0 aliphatic carbocycles. The maximum absolute atomic E-state index is 9.29. The first-order valence-corrected chi connectivity index (χ1v) is 4.14. The van der Waals surface area contributed by atoms with Gasteiger partial charge in [0.25, 0.3) is 0 Å². The van der Waals surface area contributed by atoms with Gasteiger partial charge < -0.3 is 9.84 Å². The van der Waals surface area contributed by atoms with Crippen LogP contribution in [-0.2, 0) is 4.74 Å². The normalized spacial score (nSPS) is 33.0. The molecule has 0 aromatic carbocycles. The molecule has 0 unspecified atom stereocenters. The predicted octanol–water partition coefficient (Wildman–Crippen LogP) is 1.33. The lowest BCUT2D eigenvalue weighted by Gasteiger charge is -2.11. The number of ether oxygens (including phenoxy) is 1. The summed E-state index contributed by atoms with van der Waals surface area (Å²) in [6, 6.07) is 0. The van der Waals surface area contributed by atoms with E-state index in [2.05, 4.69) is 6.92 Å². The summed E-state index contributed by atoms with van der Waals surface area (Å²) in [5.41, 5.74) is 0. The van der Waals surface area contributed by atoms with Crippen LogP contribution in [0.4, 0.5) is 0 Å². The van der Waals surface area contributed by atoms with Crippen molar-refractivity contribution in [3.8, 4) is 0 Å². The highest BCUT2D eigenvalue weighted by molar-refractivity contribution is 4.74. The van der Waals surface area contributed by atoms with E-state index in [1.807, 2.05) is 0 Å². The molecule has 1 N–H and O–H groups in total. The van der Waals surface area contributed by atoms with Crippen LogP contribution in [-0.4, -0.2) is 23.9 Å². The topological polar surface area (TPSA) is 29.5 Å². The molecule has 0 amide bonds. The van der Waals surface area contributed by atoms with E-state index in [0.29, 0.717) is 0 Å². The van der Waals surface area contributed by atoms with Gasteiger partial charge in [-0.3, -0.25) is 0 Å². The van der Waals surface area contributed by atoms with Crippen molar-refractivity contribution in [2.24, 2.45) is 0 Å². The lowest BCUT2D eigenvalue weighted by Crippen LogP contribution is -2.20. The molecular weight excluding hydrogens is 128 g/mol. The van der Waals surface area contributed by atoms with Gasteiger partial charge in [-0.25, -0.2) is 0 Å². The van der Waals surface area contributed by atoms with E-state index in [1.165, 1.54) is 12.8 Å². The summed E-state index contributed by atoms with van der Waals surface area (Å²) in [6.45, 7) is 2.90. The van der Waals surface area contributed by atoms with Crippen molar-refractivity contribution < 1.29 is 9.84 Å². The molecule has 0 aromatic heterocycles. The van der Waals surface area contributed by atoms with Crippen molar-refractivity contribution >= 4 is 0 Å². The van der Waals surface area contributed by atoms with Crippen LogP contribution in [0.5, 0.6) is 0 Å². The SMILES string of the molecule is CCCC[C@H]1OCC[C@H]1O. The zero-order valence-electron chi connectivity index (χ0n) is 6.55. The number of hydrogen-bond acceptors (Lipinski definition) is 2. The van der Waals surface area contributed by atoms with E-state index in [9.17, 15) is 5.11 Å². The lowest BCUT2D eigenvalue weighted by atomic mass is 10.1. The zero-order chi connectivity index (χ0) is 7.40. The quantitative estimate of drug-likeness (QED) is 0.647. The molecule has 0 bridgehead atoms. The molecule has 2 nitrogen and oxygen atoms in total. The van der Waals surface area contributed by atoms with Gasteiger partial charge in [0, 0.05) is 6.61 Å². The number of hydrogen-bond donors (Lipinski definition) is 1. The fraction of sp³-hybridized carbons (Fsp3) is 1.00. The molecule has 2 heteroatoms. The minimum absolute atomic E-state index is 0.139. The maximum Gasteiger partial charge on any atom is 0.0834 e. The van der Waals surface area contributed by atoms with Crippen molar-refractivity contribution in [3.05, 3.63) is 0 Å². The van der Waals surface area contributed by atoms with Gasteiger partial charge in [0.2, 0.25) is 0 Å². The summed E-state index contributed by atoms with van der Waals surface area (Å²) in [5, 5.41) is 9.29. The molecule has 0 aromatic rings. The van der Waals surface area contributed by atoms with Crippen molar-refractivity contribution in [1.82, 2.24) is 0 Å². The van der Waals surface area contributed by atoms with Crippen LogP contribution < -0.4 is 0 Å². The molecule has 1 aliphatic rings. The lowest BCUT2D eigenvalue weighted by molar-refractivity contribution is 0.0355. The smallest absolute Gasteiger partial charge is 0.0834 e. The first-order valence-electron chi connectivity index (χ1n) is 4.14. The summed E-state index contributed by atoms with van der Waals surface area (Å²) in [4.78, 5) is 0. The van der Waals surface area contributed by atoms with Gasteiger partial charge in [-0.1, -0.05) is 19.8 Å². The van der Waals surface area contributed by atoms with E-state index >= 15 is 0 Å². The van der Waals surface area contributed by atoms with Crippen LogP contribution in [0.2, 0.25) is 0 Å². The fourth-order valence-corrected chi connectivity index (χ4v) is 1.32. The van der Waals surface area contributed by atoms with Crippen LogP contribution in [0.3, 0.4) is 0 Å². The Bertz CT molecular complexity index is 93.3. The van der Waals surface area contributed by atoms with Gasteiger partial charge in [-0.15, -0.1) is 0 Å². The van der Waals surface area contributed by atoms with Gasteiger partial charge in [0.1, 0.15) is 0 Å². The minimum atomic E-state index is -0.188. The molecule has 10 heavy (non-hydrogen) atoms. The van der Waals surface area contributed by atoms with Crippen molar-refractivity contribution in [3.63, 3.8) is 0 Å². The van der Waals surface area contributed by atoms with E-state index < -0.39 is 0 Å². The van der Waals surface area contributed by atoms with Gasteiger partial charge in [0.05, 0.1) is 12.2 Å². The third-order valence-corrected chi connectivity index (χ3v) is 2.02. The summed E-state index contributed by atoms with van der Waals surface area (Å²) in [6.07, 6.45) is 4.16. The molecule has 2 atom stereocenters. The Kier molecular flexibility index (Phi) is 3.16. The second-order valence-corrected chi connectivity index (χ2v) is 2.91. The molecule has 0 saturated carbocycles. The Labute approximate surface area is 62.2 Å². The van der Waals surface area contributed by atoms with Crippen molar-refractivity contribution in [2.75, 3.05) is 6.61 Å². The second-order valence-electron chi connectivity index (χ2n) is 2.91. The van der Waals surface area contributed by atoms with Gasteiger partial charge in [-0.2, -0.15) is 0 Å². The number of rotatable bonds is 3. The highest BCUT2D eigenvalue weighted by Gasteiger charge is 2.24. The molecule has 1 rings (SSSR count). The monoisotopic (exact) mass is 144 g/mol. The largest absolute Gasteiger partial charge is 0.390 e. The van der Waals surface area contributed by atoms with Crippen LogP contribution >= 0.6 is 0 Å². The Morgan fingerprint density at radius 1 is 1.60 bits per heavy atom. The fourth-order valence-electron chi connectivity index (χ4n) is 1.32. The van der Waals surface area contributed by atoms with Crippen LogP contribution in [0.15, 0.2) is 0 Å². The third kappa shape index (κ3) is 1.96. The molecular formula is C8H16O2. The molecule has 60 valence electrons. The molecule has 1 fully saturated rings. The zero-order valence-corrected chi connectivity index (χ0v) is 6.55. The first-order chi connectivity index (χ1) is 4.84. The Hall–Kier alpha value is -0.0800. The van der Waals surface area contributed by atoms with Crippen LogP contribution in [0, 0.1) is 0 Å². The molecule has 1 heterocycles. The first kappa shape index (κ1) is 8.02. The maximum atomic E-state index is 9.29. The van der Waals surface area contributed by atoms with E-state index in [0.717, 1.165) is 19.4 Å². The average Bonchev–Trinajstić information content (AvgIpc) is 2.31. The summed E-state index contributed by atoms with van der Waals surface area (Å²) >= 11 is 0. The van der Waals surface area contributed by atoms with Gasteiger partial charge >= 0.3 is 0 Å². The summed E-state index contributed by atoms with van der Waals surface area (Å²) in [5.74, 6) is 0. The third-order valence-electron chi connectivity index (χ3n) is 2.02. The Morgan fingerprint density at radius 3 is 2.90 bits per heavy atom. The average molecular weight is 144 g/mol. The van der Waals surface area contributed by atoms with E-state index in [-0.39, 0.29) is 12.2 Å². The number of aliphatic hydroxyl groups excluding tert-OH is 1. The van der Waals surface area contributed by atoms with Gasteiger partial charge in [-0.05, 0) is 12.8 Å². The second kappa shape index (κ2) is 3.94. The van der Waals surface area contributed by atoms with Gasteiger partial charge in [0.15, 0.2) is 0 Å². The molecule has 0 spiro atoms. The molecule has 0 radical (unpaired) electrons. The van der Waals surface area contributed by atoms with E-state index in [4.69, 9.17) is 4.74 Å². The summed E-state index contributed by atoms with van der Waals surface area (Å²) in [7, 11) is 0. The summed E-state index contributed by atoms with van der Waals surface area (Å²) < 4.78 is 5.32.